The van der Waals surface area contributed by atoms with Crippen molar-refractivity contribution in [3.63, 3.8) is 0 Å². The van der Waals surface area contributed by atoms with E-state index in [9.17, 15) is 10.1 Å². The number of rotatable bonds is 0. The number of nitriles is 1. The minimum absolute atomic E-state index is 0.138. The molecule has 0 aliphatic heterocycles. The number of hydrogen-bond donors (Lipinski definition) is 0. The van der Waals surface area contributed by atoms with Crippen molar-refractivity contribution < 1.29 is 4.79 Å². The number of fused-ring (bicyclic) bond motifs is 5. The Morgan fingerprint density at radius 2 is 2.00 bits per heavy atom. The fourth-order valence-electron chi connectivity index (χ4n) is 7.04. The van der Waals surface area contributed by atoms with Gasteiger partial charge in [-0.2, -0.15) is 5.26 Å². The van der Waals surface area contributed by atoms with E-state index in [4.69, 9.17) is 0 Å². The monoisotopic (exact) mass is 311 g/mol. The second-order valence-corrected chi connectivity index (χ2v) is 9.30. The van der Waals surface area contributed by atoms with E-state index in [1.807, 2.05) is 6.08 Å². The van der Waals surface area contributed by atoms with Gasteiger partial charge in [-0.25, -0.2) is 0 Å². The predicted molar refractivity (Wildman–Crippen MR) is 90.4 cm³/mol. The van der Waals surface area contributed by atoms with Gasteiger partial charge in [-0.3, -0.25) is 4.79 Å². The quantitative estimate of drug-likeness (QED) is 0.638. The summed E-state index contributed by atoms with van der Waals surface area (Å²) in [6, 6.07) is 2.70. The molecule has 2 heteroatoms. The van der Waals surface area contributed by atoms with Crippen molar-refractivity contribution in [1.82, 2.24) is 0 Å². The summed E-state index contributed by atoms with van der Waals surface area (Å²) in [5.74, 6) is 3.91. The first-order valence-corrected chi connectivity index (χ1v) is 9.54. The predicted octanol–water partition coefficient (Wildman–Crippen LogP) is 4.90. The minimum Gasteiger partial charge on any atom is -0.295 e. The molecule has 3 saturated carbocycles. The SMILES string of the molecule is CC1CC2=CC(=O)CCC2C2CCC3(C)C(CCC3(C)C#N)C12. The Labute approximate surface area is 140 Å². The van der Waals surface area contributed by atoms with Gasteiger partial charge in [-0.1, -0.05) is 19.4 Å². The van der Waals surface area contributed by atoms with Crippen molar-refractivity contribution in [2.75, 3.05) is 0 Å². The number of carbonyl (C=O) groups is 1. The molecule has 0 heterocycles. The van der Waals surface area contributed by atoms with E-state index in [0.717, 1.165) is 37.5 Å². The summed E-state index contributed by atoms with van der Waals surface area (Å²) in [4.78, 5) is 11.8. The highest BCUT2D eigenvalue weighted by molar-refractivity contribution is 5.91. The van der Waals surface area contributed by atoms with E-state index >= 15 is 0 Å². The molecule has 7 atom stereocenters. The Morgan fingerprint density at radius 1 is 1.22 bits per heavy atom. The molecule has 0 saturated heterocycles. The molecule has 0 N–H and O–H groups in total. The van der Waals surface area contributed by atoms with Gasteiger partial charge in [0.2, 0.25) is 0 Å². The van der Waals surface area contributed by atoms with E-state index < -0.39 is 0 Å². The molecular formula is C21H29NO. The summed E-state index contributed by atoms with van der Waals surface area (Å²) >= 11 is 0. The Morgan fingerprint density at radius 3 is 2.74 bits per heavy atom. The van der Waals surface area contributed by atoms with Crippen molar-refractivity contribution in [2.24, 2.45) is 40.4 Å². The highest BCUT2D eigenvalue weighted by atomic mass is 16.1. The first-order chi connectivity index (χ1) is 10.9. The van der Waals surface area contributed by atoms with Crippen LogP contribution in [0, 0.1) is 51.8 Å². The summed E-state index contributed by atoms with van der Waals surface area (Å²) in [6.07, 6.45) is 9.71. The molecule has 0 aromatic rings. The number of carbonyl (C=O) groups excluding carboxylic acids is 1. The molecule has 124 valence electrons. The average molecular weight is 311 g/mol. The van der Waals surface area contributed by atoms with Crippen LogP contribution in [0.5, 0.6) is 0 Å². The lowest BCUT2D eigenvalue weighted by Gasteiger charge is -2.57. The van der Waals surface area contributed by atoms with Gasteiger partial charge in [-0.15, -0.1) is 0 Å². The molecule has 0 radical (unpaired) electrons. The smallest absolute Gasteiger partial charge is 0.155 e. The largest absolute Gasteiger partial charge is 0.295 e. The molecule has 0 aromatic carbocycles. The van der Waals surface area contributed by atoms with Crippen molar-refractivity contribution in [3.8, 4) is 6.07 Å². The van der Waals surface area contributed by atoms with Crippen molar-refractivity contribution in [3.05, 3.63) is 11.6 Å². The first kappa shape index (κ1) is 15.4. The van der Waals surface area contributed by atoms with Crippen LogP contribution in [-0.4, -0.2) is 5.78 Å². The van der Waals surface area contributed by atoms with Crippen LogP contribution in [0.4, 0.5) is 0 Å². The molecule has 2 nitrogen and oxygen atoms in total. The lowest BCUT2D eigenvalue weighted by molar-refractivity contribution is -0.116. The minimum atomic E-state index is -0.138. The van der Waals surface area contributed by atoms with E-state index in [2.05, 4.69) is 26.8 Å². The maximum atomic E-state index is 11.8. The third-order valence-corrected chi connectivity index (χ3v) is 8.49. The molecule has 0 spiro atoms. The Balaban J connectivity index is 1.70. The van der Waals surface area contributed by atoms with Gasteiger partial charge in [0.25, 0.3) is 0 Å². The van der Waals surface area contributed by atoms with Crippen molar-refractivity contribution in [2.45, 2.75) is 65.7 Å². The van der Waals surface area contributed by atoms with Crippen LogP contribution in [0.1, 0.15) is 65.7 Å². The molecule has 0 bridgehead atoms. The van der Waals surface area contributed by atoms with Gasteiger partial charge in [0.15, 0.2) is 5.78 Å². The standard InChI is InChI=1S/C21H29NO/c1-13-10-14-11-15(23)4-5-16(14)17-6-9-21(3)18(19(13)17)7-8-20(21,2)12-22/h11,13,16-19H,4-10H2,1-3H3. The number of allylic oxidation sites excluding steroid dienone is 1. The molecule has 23 heavy (non-hydrogen) atoms. The third-order valence-electron chi connectivity index (χ3n) is 8.49. The molecule has 0 aromatic heterocycles. The van der Waals surface area contributed by atoms with Crippen molar-refractivity contribution >= 4 is 5.78 Å². The van der Waals surface area contributed by atoms with E-state index in [1.54, 1.807) is 0 Å². The van der Waals surface area contributed by atoms with Crippen LogP contribution in [0.15, 0.2) is 11.6 Å². The normalized spacial score (nSPS) is 52.0. The molecule has 4 rings (SSSR count). The fourth-order valence-corrected chi connectivity index (χ4v) is 7.04. The molecule has 3 fully saturated rings. The summed E-state index contributed by atoms with van der Waals surface area (Å²) < 4.78 is 0. The second kappa shape index (κ2) is 4.95. The van der Waals surface area contributed by atoms with Crippen LogP contribution in [0.25, 0.3) is 0 Å². The molecule has 4 aliphatic carbocycles. The van der Waals surface area contributed by atoms with Gasteiger partial charge in [-0.05, 0) is 86.5 Å². The highest BCUT2D eigenvalue weighted by Crippen LogP contribution is 2.68. The van der Waals surface area contributed by atoms with Crippen LogP contribution in [0.3, 0.4) is 0 Å². The first-order valence-electron chi connectivity index (χ1n) is 9.54. The number of nitrogens with zero attached hydrogens (tertiary/aromatic N) is 1. The zero-order chi connectivity index (χ0) is 16.4. The van der Waals surface area contributed by atoms with Crippen LogP contribution in [-0.2, 0) is 4.79 Å². The summed E-state index contributed by atoms with van der Waals surface area (Å²) in [5, 5.41) is 9.81. The maximum absolute atomic E-state index is 11.8. The Hall–Kier alpha value is -1.10. The Kier molecular flexibility index (Phi) is 3.32. The summed E-state index contributed by atoms with van der Waals surface area (Å²) in [5.41, 5.74) is 1.52. The fraction of sp³-hybridized carbons (Fsp3) is 0.810. The third kappa shape index (κ3) is 1.95. The van der Waals surface area contributed by atoms with Crippen LogP contribution >= 0.6 is 0 Å². The average Bonchev–Trinajstić information content (AvgIpc) is 2.79. The number of hydrogen-bond acceptors (Lipinski definition) is 2. The van der Waals surface area contributed by atoms with Gasteiger partial charge in [0.1, 0.15) is 0 Å². The lowest BCUT2D eigenvalue weighted by Crippen LogP contribution is -2.51. The zero-order valence-corrected chi connectivity index (χ0v) is 14.8. The van der Waals surface area contributed by atoms with Crippen LogP contribution in [0.2, 0.25) is 0 Å². The maximum Gasteiger partial charge on any atom is 0.155 e. The van der Waals surface area contributed by atoms with Gasteiger partial charge in [0, 0.05) is 6.42 Å². The highest BCUT2D eigenvalue weighted by Gasteiger charge is 2.62. The number of ketones is 1. The topological polar surface area (TPSA) is 40.9 Å². The van der Waals surface area contributed by atoms with Crippen molar-refractivity contribution in [1.29, 1.82) is 5.26 Å². The second-order valence-electron chi connectivity index (χ2n) is 9.30. The van der Waals surface area contributed by atoms with Gasteiger partial charge < -0.3 is 0 Å². The molecular weight excluding hydrogens is 282 g/mol. The van der Waals surface area contributed by atoms with E-state index in [1.165, 1.54) is 24.8 Å². The van der Waals surface area contributed by atoms with Gasteiger partial charge >= 0.3 is 0 Å². The molecule has 0 amide bonds. The van der Waals surface area contributed by atoms with E-state index in [-0.39, 0.29) is 10.8 Å². The zero-order valence-electron chi connectivity index (χ0n) is 14.8. The lowest BCUT2D eigenvalue weighted by atomic mass is 9.47. The van der Waals surface area contributed by atoms with E-state index in [0.29, 0.717) is 23.5 Å². The molecule has 7 unspecified atom stereocenters. The molecule has 4 aliphatic rings. The summed E-state index contributed by atoms with van der Waals surface area (Å²) in [7, 11) is 0. The van der Waals surface area contributed by atoms with Crippen LogP contribution < -0.4 is 0 Å². The summed E-state index contributed by atoms with van der Waals surface area (Å²) in [6.45, 7) is 7.03. The van der Waals surface area contributed by atoms with Gasteiger partial charge in [0.05, 0.1) is 11.5 Å². The Bertz CT molecular complexity index is 614.